The highest BCUT2D eigenvalue weighted by Crippen LogP contribution is 2.23. The molecule has 0 radical (unpaired) electrons. The molecule has 1 fully saturated rings. The molecule has 0 aromatic carbocycles. The van der Waals surface area contributed by atoms with E-state index in [-0.39, 0.29) is 23.8 Å². The molecule has 28 heavy (non-hydrogen) atoms. The number of thiophene rings is 1. The van der Waals surface area contributed by atoms with Gasteiger partial charge in [0.2, 0.25) is 5.91 Å². The topological polar surface area (TPSA) is 65.8 Å². The molecular weight excluding hydrogens is 374 g/mol. The van der Waals surface area contributed by atoms with Crippen LogP contribution in [0.1, 0.15) is 48.8 Å². The second kappa shape index (κ2) is 9.89. The van der Waals surface area contributed by atoms with Crippen LogP contribution in [-0.2, 0) is 4.79 Å². The number of hydrogen-bond donors (Lipinski definition) is 1. The Labute approximate surface area is 170 Å². The van der Waals surface area contributed by atoms with Gasteiger partial charge in [0.25, 0.3) is 5.91 Å². The summed E-state index contributed by atoms with van der Waals surface area (Å²) in [6.07, 6.45) is 3.13. The summed E-state index contributed by atoms with van der Waals surface area (Å²) in [5.41, 5.74) is 1.24. The minimum absolute atomic E-state index is 0.0318. The van der Waals surface area contributed by atoms with Gasteiger partial charge in [-0.05, 0) is 60.5 Å². The first-order valence-corrected chi connectivity index (χ1v) is 10.9. The Hall–Kier alpha value is -2.12. The number of nitrogens with one attached hydrogen (secondary N) is 1. The number of carbonyl (C=O) groups excluding carboxylic acids is 2. The van der Waals surface area contributed by atoms with E-state index in [9.17, 15) is 9.59 Å². The molecule has 152 valence electrons. The SMILES string of the molecule is CCN(CC)[C@H](CNC(=O)[C@H]1CCCN(C(=O)c2ccco2)C1)c1ccsc1. The summed E-state index contributed by atoms with van der Waals surface area (Å²) in [6.45, 7) is 7.84. The van der Waals surface area contributed by atoms with Gasteiger partial charge in [-0.1, -0.05) is 13.8 Å². The second-order valence-electron chi connectivity index (χ2n) is 7.11. The summed E-state index contributed by atoms with van der Waals surface area (Å²) >= 11 is 1.68. The van der Waals surface area contributed by atoms with Crippen molar-refractivity contribution in [3.8, 4) is 0 Å². The Balaban J connectivity index is 1.59. The lowest BCUT2D eigenvalue weighted by Crippen LogP contribution is -2.47. The minimum Gasteiger partial charge on any atom is -0.459 e. The van der Waals surface area contributed by atoms with E-state index in [1.807, 2.05) is 0 Å². The van der Waals surface area contributed by atoms with Crippen molar-refractivity contribution >= 4 is 23.2 Å². The molecule has 6 nitrogen and oxygen atoms in total. The van der Waals surface area contributed by atoms with E-state index < -0.39 is 0 Å². The minimum atomic E-state index is -0.174. The molecule has 1 N–H and O–H groups in total. The molecule has 1 aliphatic heterocycles. The first-order chi connectivity index (χ1) is 13.6. The van der Waals surface area contributed by atoms with Crippen LogP contribution in [0.5, 0.6) is 0 Å². The zero-order valence-electron chi connectivity index (χ0n) is 16.6. The lowest BCUT2D eigenvalue weighted by molar-refractivity contribution is -0.126. The smallest absolute Gasteiger partial charge is 0.289 e. The molecule has 0 aliphatic carbocycles. The summed E-state index contributed by atoms with van der Waals surface area (Å²) in [4.78, 5) is 29.4. The van der Waals surface area contributed by atoms with E-state index in [1.165, 1.54) is 11.8 Å². The zero-order valence-corrected chi connectivity index (χ0v) is 17.4. The summed E-state index contributed by atoms with van der Waals surface area (Å²) in [5, 5.41) is 7.38. The monoisotopic (exact) mass is 403 g/mol. The summed E-state index contributed by atoms with van der Waals surface area (Å²) in [5.74, 6) is 0.0544. The average Bonchev–Trinajstić information content (AvgIpc) is 3.44. The maximum Gasteiger partial charge on any atom is 0.289 e. The molecule has 2 atom stereocenters. The quantitative estimate of drug-likeness (QED) is 0.734. The normalized spacial score (nSPS) is 18.2. The van der Waals surface area contributed by atoms with Crippen molar-refractivity contribution in [2.45, 2.75) is 32.7 Å². The van der Waals surface area contributed by atoms with E-state index in [4.69, 9.17) is 4.42 Å². The summed E-state index contributed by atoms with van der Waals surface area (Å²) < 4.78 is 5.22. The number of carbonyl (C=O) groups is 2. The number of nitrogens with zero attached hydrogens (tertiary/aromatic N) is 2. The molecule has 3 rings (SSSR count). The average molecular weight is 404 g/mol. The van der Waals surface area contributed by atoms with Crippen LogP contribution in [0.15, 0.2) is 39.6 Å². The lowest BCUT2D eigenvalue weighted by Gasteiger charge is -2.33. The Kier molecular flexibility index (Phi) is 7.28. The number of piperidine rings is 1. The fourth-order valence-corrected chi connectivity index (χ4v) is 4.57. The van der Waals surface area contributed by atoms with Gasteiger partial charge >= 0.3 is 0 Å². The maximum atomic E-state index is 12.8. The van der Waals surface area contributed by atoms with Gasteiger partial charge in [-0.25, -0.2) is 0 Å². The summed E-state index contributed by atoms with van der Waals surface area (Å²) in [6, 6.07) is 5.68. The van der Waals surface area contributed by atoms with Crippen molar-refractivity contribution in [1.29, 1.82) is 0 Å². The van der Waals surface area contributed by atoms with Crippen LogP contribution < -0.4 is 5.32 Å². The third kappa shape index (κ3) is 4.83. The van der Waals surface area contributed by atoms with Gasteiger partial charge in [0.1, 0.15) is 0 Å². The van der Waals surface area contributed by atoms with Gasteiger partial charge in [0, 0.05) is 19.6 Å². The van der Waals surface area contributed by atoms with E-state index >= 15 is 0 Å². The van der Waals surface area contributed by atoms with Gasteiger partial charge < -0.3 is 14.6 Å². The number of rotatable bonds is 8. The van der Waals surface area contributed by atoms with Crippen molar-refractivity contribution in [3.63, 3.8) is 0 Å². The van der Waals surface area contributed by atoms with Gasteiger partial charge in [0.05, 0.1) is 18.2 Å². The van der Waals surface area contributed by atoms with E-state index in [2.05, 4.69) is 40.9 Å². The van der Waals surface area contributed by atoms with Gasteiger partial charge in [0.15, 0.2) is 5.76 Å². The van der Waals surface area contributed by atoms with Crippen molar-refractivity contribution < 1.29 is 14.0 Å². The Morgan fingerprint density at radius 1 is 1.36 bits per heavy atom. The highest BCUT2D eigenvalue weighted by molar-refractivity contribution is 7.07. The third-order valence-corrected chi connectivity index (χ3v) is 6.16. The van der Waals surface area contributed by atoms with Crippen LogP contribution in [0.3, 0.4) is 0 Å². The van der Waals surface area contributed by atoms with Crippen LogP contribution in [0.2, 0.25) is 0 Å². The zero-order chi connectivity index (χ0) is 19.9. The number of likely N-dealkylation sites (tertiary alicyclic amines) is 1. The molecule has 2 amide bonds. The van der Waals surface area contributed by atoms with E-state index in [0.717, 1.165) is 25.9 Å². The van der Waals surface area contributed by atoms with Crippen LogP contribution >= 0.6 is 11.3 Å². The second-order valence-corrected chi connectivity index (χ2v) is 7.89. The Bertz CT molecular complexity index is 741. The first-order valence-electron chi connectivity index (χ1n) is 10.0. The first kappa shape index (κ1) is 20.6. The van der Waals surface area contributed by atoms with Gasteiger partial charge in [-0.2, -0.15) is 11.3 Å². The van der Waals surface area contributed by atoms with Crippen LogP contribution in [0.4, 0.5) is 0 Å². The molecule has 2 aromatic heterocycles. The molecule has 0 saturated carbocycles. The number of furan rings is 1. The van der Waals surface area contributed by atoms with Crippen LogP contribution in [0, 0.1) is 5.92 Å². The molecule has 1 aliphatic rings. The highest BCUT2D eigenvalue weighted by atomic mass is 32.1. The molecule has 0 spiro atoms. The number of amides is 2. The van der Waals surface area contributed by atoms with Crippen molar-refractivity contribution in [2.24, 2.45) is 5.92 Å². The van der Waals surface area contributed by atoms with E-state index in [0.29, 0.717) is 25.4 Å². The third-order valence-electron chi connectivity index (χ3n) is 5.46. The van der Waals surface area contributed by atoms with Gasteiger partial charge in [-0.15, -0.1) is 0 Å². The molecule has 1 saturated heterocycles. The lowest BCUT2D eigenvalue weighted by atomic mass is 9.96. The standard InChI is InChI=1S/C21H29N3O3S/c1-3-23(4-2)18(17-9-12-28-15-17)13-22-20(25)16-7-5-10-24(14-16)21(26)19-8-6-11-27-19/h6,8-9,11-12,15-16,18H,3-5,7,10,13-14H2,1-2H3,(H,22,25)/t16-,18+/m0/s1. The molecule has 2 aromatic rings. The molecular formula is C21H29N3O3S. The van der Waals surface area contributed by atoms with Gasteiger partial charge in [-0.3, -0.25) is 14.5 Å². The molecule has 0 bridgehead atoms. The number of hydrogen-bond acceptors (Lipinski definition) is 5. The highest BCUT2D eigenvalue weighted by Gasteiger charge is 2.30. The fraction of sp³-hybridized carbons (Fsp3) is 0.524. The molecule has 3 heterocycles. The maximum absolute atomic E-state index is 12.8. The Morgan fingerprint density at radius 3 is 2.82 bits per heavy atom. The fourth-order valence-electron chi connectivity index (χ4n) is 3.86. The Morgan fingerprint density at radius 2 is 2.18 bits per heavy atom. The predicted octanol–water partition coefficient (Wildman–Crippen LogP) is 3.39. The number of likely N-dealkylation sites (N-methyl/N-ethyl adjacent to an activating group) is 1. The summed E-state index contributed by atoms with van der Waals surface area (Å²) in [7, 11) is 0. The van der Waals surface area contributed by atoms with E-state index in [1.54, 1.807) is 28.4 Å². The largest absolute Gasteiger partial charge is 0.459 e. The predicted molar refractivity (Wildman–Crippen MR) is 110 cm³/mol. The van der Waals surface area contributed by atoms with Crippen LogP contribution in [0.25, 0.3) is 0 Å². The molecule has 0 unspecified atom stereocenters. The van der Waals surface area contributed by atoms with Crippen LogP contribution in [-0.4, -0.2) is 54.3 Å². The van der Waals surface area contributed by atoms with Crippen molar-refractivity contribution in [3.05, 3.63) is 46.5 Å². The molecule has 7 heteroatoms. The van der Waals surface area contributed by atoms with Crippen molar-refractivity contribution in [1.82, 2.24) is 15.1 Å². The van der Waals surface area contributed by atoms with Crippen molar-refractivity contribution in [2.75, 3.05) is 32.7 Å².